The molecule has 2 aliphatic carbocycles. The fourth-order valence-corrected chi connectivity index (χ4v) is 3.67. The molecular weight excluding hydrogens is 206 g/mol. The molecule has 2 aliphatic rings. The van der Waals surface area contributed by atoms with Crippen LogP contribution in [0.3, 0.4) is 0 Å². The maximum atomic E-state index is 12.2. The molecule has 1 aromatic rings. The molecule has 0 aliphatic heterocycles. The molecule has 80 valence electrons. The van der Waals surface area contributed by atoms with Gasteiger partial charge >= 0.3 is 0 Å². The molecule has 3 unspecified atom stereocenters. The minimum atomic E-state index is 0.323. The van der Waals surface area contributed by atoms with E-state index in [2.05, 4.69) is 4.98 Å². The van der Waals surface area contributed by atoms with Crippen LogP contribution in [0.4, 0.5) is 0 Å². The van der Waals surface area contributed by atoms with Crippen LogP contribution in [0.1, 0.15) is 40.4 Å². The third-order valence-corrected chi connectivity index (χ3v) is 4.71. The number of ketones is 1. The second-order valence-electron chi connectivity index (χ2n) is 4.80. The van der Waals surface area contributed by atoms with E-state index in [1.54, 1.807) is 17.5 Å². The summed E-state index contributed by atoms with van der Waals surface area (Å²) in [6.45, 7) is 1.96. The lowest BCUT2D eigenvalue weighted by Crippen LogP contribution is -2.19. The quantitative estimate of drug-likeness (QED) is 0.718. The number of thiazole rings is 1. The van der Waals surface area contributed by atoms with Gasteiger partial charge in [0.2, 0.25) is 0 Å². The first-order valence-electron chi connectivity index (χ1n) is 5.72. The average molecular weight is 221 g/mol. The molecular formula is C12H15NOS. The minimum absolute atomic E-state index is 0.323. The molecule has 15 heavy (non-hydrogen) atoms. The zero-order chi connectivity index (χ0) is 10.4. The Bertz CT molecular complexity index is 398. The first-order chi connectivity index (χ1) is 7.25. The van der Waals surface area contributed by atoms with Crippen molar-refractivity contribution in [1.82, 2.24) is 4.98 Å². The van der Waals surface area contributed by atoms with E-state index in [9.17, 15) is 4.79 Å². The van der Waals surface area contributed by atoms with Crippen LogP contribution in [0.25, 0.3) is 0 Å². The van der Waals surface area contributed by atoms with Crippen LogP contribution in [-0.2, 0) is 0 Å². The van der Waals surface area contributed by atoms with Crippen molar-refractivity contribution < 1.29 is 4.79 Å². The number of rotatable bonds is 2. The van der Waals surface area contributed by atoms with Crippen LogP contribution in [0.15, 0.2) is 6.20 Å². The zero-order valence-electron chi connectivity index (χ0n) is 8.90. The summed E-state index contributed by atoms with van der Waals surface area (Å²) >= 11 is 1.55. The van der Waals surface area contributed by atoms with Gasteiger partial charge in [-0.15, -0.1) is 11.3 Å². The molecule has 0 amide bonds. The molecule has 0 bridgehead atoms. The molecule has 3 rings (SSSR count). The van der Waals surface area contributed by atoms with Gasteiger partial charge < -0.3 is 0 Å². The standard InChI is InChI=1S/C12H15NOS/c1-7-13-6-11(15-7)12(14)9-4-2-3-8-5-10(8)9/h6,8-10H,2-5H2,1H3. The second kappa shape index (κ2) is 3.41. The lowest BCUT2D eigenvalue weighted by atomic mass is 9.85. The molecule has 3 atom stereocenters. The Morgan fingerprint density at radius 2 is 2.40 bits per heavy atom. The van der Waals surface area contributed by atoms with Gasteiger partial charge in [-0.3, -0.25) is 4.79 Å². The second-order valence-corrected chi connectivity index (χ2v) is 6.04. The normalized spacial score (nSPS) is 33.5. The molecule has 2 saturated carbocycles. The highest BCUT2D eigenvalue weighted by Gasteiger charge is 2.48. The number of nitrogens with zero attached hydrogens (tertiary/aromatic N) is 1. The Labute approximate surface area is 93.7 Å². The van der Waals surface area contributed by atoms with Gasteiger partial charge in [0, 0.05) is 12.1 Å². The summed E-state index contributed by atoms with van der Waals surface area (Å²) in [5.41, 5.74) is 0. The monoisotopic (exact) mass is 221 g/mol. The van der Waals surface area contributed by atoms with E-state index >= 15 is 0 Å². The van der Waals surface area contributed by atoms with Crippen LogP contribution < -0.4 is 0 Å². The van der Waals surface area contributed by atoms with Crippen LogP contribution in [0.2, 0.25) is 0 Å². The van der Waals surface area contributed by atoms with E-state index in [-0.39, 0.29) is 0 Å². The van der Waals surface area contributed by atoms with Gasteiger partial charge in [-0.25, -0.2) is 4.98 Å². The summed E-state index contributed by atoms with van der Waals surface area (Å²) in [4.78, 5) is 17.3. The Morgan fingerprint density at radius 3 is 3.13 bits per heavy atom. The number of hydrogen-bond acceptors (Lipinski definition) is 3. The molecule has 0 spiro atoms. The fourth-order valence-electron chi connectivity index (χ4n) is 2.89. The van der Waals surface area contributed by atoms with Crippen LogP contribution >= 0.6 is 11.3 Å². The van der Waals surface area contributed by atoms with Gasteiger partial charge in [-0.1, -0.05) is 12.8 Å². The van der Waals surface area contributed by atoms with E-state index < -0.39 is 0 Å². The highest BCUT2D eigenvalue weighted by atomic mass is 32.1. The smallest absolute Gasteiger partial charge is 0.177 e. The number of aryl methyl sites for hydroxylation is 1. The van der Waals surface area contributed by atoms with Crippen molar-refractivity contribution >= 4 is 17.1 Å². The molecule has 0 radical (unpaired) electrons. The maximum Gasteiger partial charge on any atom is 0.177 e. The van der Waals surface area contributed by atoms with Gasteiger partial charge in [-0.05, 0) is 31.6 Å². The van der Waals surface area contributed by atoms with E-state index in [0.717, 1.165) is 22.2 Å². The summed E-state index contributed by atoms with van der Waals surface area (Å²) in [6, 6.07) is 0. The van der Waals surface area contributed by atoms with Gasteiger partial charge in [0.05, 0.1) is 9.88 Å². The largest absolute Gasteiger partial charge is 0.293 e. The fraction of sp³-hybridized carbons (Fsp3) is 0.667. The van der Waals surface area contributed by atoms with Crippen molar-refractivity contribution in [2.75, 3.05) is 0 Å². The van der Waals surface area contributed by atoms with Crippen molar-refractivity contribution in [3.05, 3.63) is 16.1 Å². The Balaban J connectivity index is 1.79. The summed E-state index contributed by atoms with van der Waals surface area (Å²) < 4.78 is 0. The topological polar surface area (TPSA) is 30.0 Å². The van der Waals surface area contributed by atoms with Crippen molar-refractivity contribution in [2.24, 2.45) is 17.8 Å². The number of hydrogen-bond donors (Lipinski definition) is 0. The zero-order valence-corrected chi connectivity index (χ0v) is 9.72. The molecule has 3 heteroatoms. The predicted octanol–water partition coefficient (Wildman–Crippen LogP) is 3.07. The van der Waals surface area contributed by atoms with Gasteiger partial charge in [0.1, 0.15) is 0 Å². The third-order valence-electron chi connectivity index (χ3n) is 3.79. The number of carbonyl (C=O) groups is 1. The van der Waals surface area contributed by atoms with Crippen LogP contribution in [0.5, 0.6) is 0 Å². The molecule has 2 nitrogen and oxygen atoms in total. The van der Waals surface area contributed by atoms with Crippen LogP contribution in [-0.4, -0.2) is 10.8 Å². The SMILES string of the molecule is Cc1ncc(C(=O)C2CCCC3CC32)s1. The highest BCUT2D eigenvalue weighted by Crippen LogP contribution is 2.53. The molecule has 1 heterocycles. The van der Waals surface area contributed by atoms with Crippen molar-refractivity contribution in [3.63, 3.8) is 0 Å². The number of fused-ring (bicyclic) bond motifs is 1. The first-order valence-corrected chi connectivity index (χ1v) is 6.54. The lowest BCUT2D eigenvalue weighted by molar-refractivity contribution is 0.0881. The molecule has 0 saturated heterocycles. The maximum absolute atomic E-state index is 12.2. The van der Waals surface area contributed by atoms with E-state index in [4.69, 9.17) is 0 Å². The number of Topliss-reactive ketones (excluding diaryl/α,β-unsaturated/α-hetero) is 1. The lowest BCUT2D eigenvalue weighted by Gasteiger charge is -2.18. The van der Waals surface area contributed by atoms with Gasteiger partial charge in [-0.2, -0.15) is 0 Å². The predicted molar refractivity (Wildman–Crippen MR) is 60.1 cm³/mol. The number of aromatic nitrogens is 1. The highest BCUT2D eigenvalue weighted by molar-refractivity contribution is 7.13. The van der Waals surface area contributed by atoms with E-state index in [1.807, 2.05) is 6.92 Å². The molecule has 1 aromatic heterocycles. The summed E-state index contributed by atoms with van der Waals surface area (Å²) in [6.07, 6.45) is 6.77. The van der Waals surface area contributed by atoms with Crippen LogP contribution in [0, 0.1) is 24.7 Å². The molecule has 0 aromatic carbocycles. The Morgan fingerprint density at radius 1 is 1.53 bits per heavy atom. The van der Waals surface area contributed by atoms with Crippen molar-refractivity contribution in [1.29, 1.82) is 0 Å². The van der Waals surface area contributed by atoms with Gasteiger partial charge in [0.15, 0.2) is 5.78 Å². The molecule has 2 fully saturated rings. The summed E-state index contributed by atoms with van der Waals surface area (Å²) in [7, 11) is 0. The Kier molecular flexibility index (Phi) is 2.16. The Hall–Kier alpha value is -0.700. The summed E-state index contributed by atoms with van der Waals surface area (Å²) in [5.74, 6) is 2.28. The van der Waals surface area contributed by atoms with Gasteiger partial charge in [0.25, 0.3) is 0 Å². The first kappa shape index (κ1) is 9.52. The van der Waals surface area contributed by atoms with E-state index in [1.165, 1.54) is 19.3 Å². The van der Waals surface area contributed by atoms with E-state index in [0.29, 0.717) is 17.6 Å². The average Bonchev–Trinajstić information content (AvgIpc) is 2.91. The van der Waals surface area contributed by atoms with Crippen molar-refractivity contribution in [2.45, 2.75) is 32.6 Å². The molecule has 0 N–H and O–H groups in total. The number of carbonyl (C=O) groups excluding carboxylic acids is 1. The minimum Gasteiger partial charge on any atom is -0.293 e. The third kappa shape index (κ3) is 1.63. The van der Waals surface area contributed by atoms with Crippen molar-refractivity contribution in [3.8, 4) is 0 Å². The summed E-state index contributed by atoms with van der Waals surface area (Å²) in [5, 5.41) is 1.00.